The van der Waals surface area contributed by atoms with E-state index in [2.05, 4.69) is 18.8 Å². The first kappa shape index (κ1) is 35.6. The van der Waals surface area contributed by atoms with Crippen molar-refractivity contribution in [1.29, 1.82) is 0 Å². The summed E-state index contributed by atoms with van der Waals surface area (Å²) >= 11 is 0. The van der Waals surface area contributed by atoms with Crippen molar-refractivity contribution in [3.63, 3.8) is 0 Å². The van der Waals surface area contributed by atoms with Crippen molar-refractivity contribution in [1.82, 2.24) is 0 Å². The maximum absolute atomic E-state index is 15.0. The number of allylic oxidation sites excluding steroid dienone is 2. The van der Waals surface area contributed by atoms with Crippen LogP contribution in [0.15, 0.2) is 24.3 Å². The van der Waals surface area contributed by atoms with Gasteiger partial charge < -0.3 is 9.47 Å². The summed E-state index contributed by atoms with van der Waals surface area (Å²) in [5, 5.41) is 0. The maximum Gasteiger partial charge on any atom is 0.400 e. The molecule has 0 atom stereocenters. The summed E-state index contributed by atoms with van der Waals surface area (Å²) in [6, 6.07) is 1.82. The molecule has 1 aromatic carbocycles. The number of halogens is 6. The van der Waals surface area contributed by atoms with Crippen molar-refractivity contribution in [2.45, 2.75) is 129 Å². The van der Waals surface area contributed by atoms with Crippen LogP contribution in [0, 0.1) is 59.0 Å². The highest BCUT2D eigenvalue weighted by atomic mass is 19.3. The van der Waals surface area contributed by atoms with Crippen LogP contribution in [0.4, 0.5) is 26.3 Å². The lowest BCUT2D eigenvalue weighted by atomic mass is 9.78. The zero-order valence-corrected chi connectivity index (χ0v) is 26.9. The monoisotopic (exact) mass is 640 g/mol. The van der Waals surface area contributed by atoms with E-state index in [1.807, 2.05) is 19.1 Å². The zero-order valence-electron chi connectivity index (χ0n) is 26.9. The van der Waals surface area contributed by atoms with E-state index in [0.29, 0.717) is 50.4 Å². The Labute approximate surface area is 265 Å². The molecule has 0 aliphatic heterocycles. The van der Waals surface area contributed by atoms with Gasteiger partial charge in [0.25, 0.3) is 5.92 Å². The predicted octanol–water partition coefficient (Wildman–Crippen LogP) is 11.5. The second kappa shape index (κ2) is 16.5. The molecule has 3 saturated carbocycles. The van der Waals surface area contributed by atoms with Crippen LogP contribution in [0.1, 0.15) is 117 Å². The van der Waals surface area contributed by atoms with E-state index in [1.54, 1.807) is 0 Å². The summed E-state index contributed by atoms with van der Waals surface area (Å²) in [5.74, 6) is -1.30. The van der Waals surface area contributed by atoms with Gasteiger partial charge in [-0.15, -0.1) is 0 Å². The van der Waals surface area contributed by atoms with Gasteiger partial charge >= 0.3 is 6.11 Å². The minimum Gasteiger partial charge on any atom is -0.490 e. The molecule has 8 heteroatoms. The molecule has 0 heterocycles. The number of alkyl halides is 4. The molecule has 252 valence electrons. The maximum atomic E-state index is 15.0. The number of unbranched alkanes of at least 4 members (excludes halogenated alkanes) is 1. The van der Waals surface area contributed by atoms with Crippen molar-refractivity contribution in [3.05, 3.63) is 35.9 Å². The van der Waals surface area contributed by atoms with Gasteiger partial charge in [-0.1, -0.05) is 50.2 Å². The van der Waals surface area contributed by atoms with Crippen LogP contribution >= 0.6 is 0 Å². The third-order valence-electron chi connectivity index (χ3n) is 10.3. The van der Waals surface area contributed by atoms with Crippen LogP contribution in [-0.4, -0.2) is 18.6 Å². The first-order chi connectivity index (χ1) is 21.5. The Morgan fingerprint density at radius 2 is 1.33 bits per heavy atom. The third kappa shape index (κ3) is 10.1. The van der Waals surface area contributed by atoms with Crippen LogP contribution in [0.5, 0.6) is 11.5 Å². The lowest BCUT2D eigenvalue weighted by Gasteiger charge is -2.32. The van der Waals surface area contributed by atoms with E-state index in [9.17, 15) is 17.6 Å². The molecule has 3 fully saturated rings. The molecular formula is C37H50F6O2. The van der Waals surface area contributed by atoms with Crippen molar-refractivity contribution in [3.8, 4) is 23.3 Å². The Morgan fingerprint density at radius 3 is 1.93 bits per heavy atom. The Balaban J connectivity index is 1.22. The minimum absolute atomic E-state index is 0.0566. The summed E-state index contributed by atoms with van der Waals surface area (Å²) in [4.78, 5) is 0. The Morgan fingerprint density at radius 1 is 0.778 bits per heavy atom. The number of hydrogen-bond donors (Lipinski definition) is 0. The summed E-state index contributed by atoms with van der Waals surface area (Å²) in [7, 11) is 0. The molecular weight excluding hydrogens is 590 g/mol. The molecule has 3 aliphatic carbocycles. The van der Waals surface area contributed by atoms with Crippen LogP contribution in [0.2, 0.25) is 0 Å². The minimum atomic E-state index is -3.70. The second-order valence-corrected chi connectivity index (χ2v) is 13.5. The fourth-order valence-electron chi connectivity index (χ4n) is 7.34. The van der Waals surface area contributed by atoms with Gasteiger partial charge in [0.15, 0.2) is 11.5 Å². The first-order valence-electron chi connectivity index (χ1n) is 17.2. The average molecular weight is 641 g/mol. The summed E-state index contributed by atoms with van der Waals surface area (Å²) in [6.45, 7) is 3.60. The molecule has 0 unspecified atom stereocenters. The van der Waals surface area contributed by atoms with Gasteiger partial charge in [-0.2, -0.15) is 17.6 Å². The summed E-state index contributed by atoms with van der Waals surface area (Å²) < 4.78 is 98.9. The third-order valence-corrected chi connectivity index (χ3v) is 10.3. The van der Waals surface area contributed by atoms with Gasteiger partial charge in [0.2, 0.25) is 11.6 Å². The fraction of sp³-hybridized carbons (Fsp3) is 0.730. The molecule has 4 rings (SSSR count). The van der Waals surface area contributed by atoms with Crippen LogP contribution in [0.3, 0.4) is 0 Å². The first-order valence-corrected chi connectivity index (χ1v) is 17.2. The summed E-state index contributed by atoms with van der Waals surface area (Å²) in [6.07, 6.45) is 11.6. The average Bonchev–Trinajstić information content (AvgIpc) is 3.03. The van der Waals surface area contributed by atoms with E-state index >= 15 is 8.78 Å². The summed E-state index contributed by atoms with van der Waals surface area (Å²) in [5.41, 5.74) is 0. The second-order valence-electron chi connectivity index (χ2n) is 13.5. The predicted molar refractivity (Wildman–Crippen MR) is 165 cm³/mol. The van der Waals surface area contributed by atoms with Gasteiger partial charge in [0, 0.05) is 24.2 Å². The lowest BCUT2D eigenvalue weighted by Crippen LogP contribution is -2.37. The molecule has 0 bridgehead atoms. The molecule has 0 saturated heterocycles. The molecule has 0 amide bonds. The van der Waals surface area contributed by atoms with E-state index in [-0.39, 0.29) is 18.8 Å². The molecule has 2 nitrogen and oxygen atoms in total. The fourth-order valence-corrected chi connectivity index (χ4v) is 7.34. The number of rotatable bonds is 12. The lowest BCUT2D eigenvalue weighted by molar-refractivity contribution is -0.224. The topological polar surface area (TPSA) is 18.5 Å². The van der Waals surface area contributed by atoms with Crippen LogP contribution in [0.25, 0.3) is 0 Å². The van der Waals surface area contributed by atoms with Gasteiger partial charge in [-0.3, -0.25) is 0 Å². The van der Waals surface area contributed by atoms with E-state index in [4.69, 9.17) is 9.47 Å². The van der Waals surface area contributed by atoms with E-state index < -0.39 is 60.0 Å². The highest BCUT2D eigenvalue weighted by molar-refractivity contribution is 5.35. The van der Waals surface area contributed by atoms with Crippen molar-refractivity contribution in [2.75, 3.05) is 6.61 Å². The molecule has 0 N–H and O–H groups in total. The van der Waals surface area contributed by atoms with Gasteiger partial charge in [-0.25, -0.2) is 8.78 Å². The molecule has 0 aromatic heterocycles. The highest BCUT2D eigenvalue weighted by Gasteiger charge is 2.45. The normalized spacial score (nSPS) is 28.0. The zero-order chi connectivity index (χ0) is 32.5. The Hall–Kier alpha value is -2.30. The van der Waals surface area contributed by atoms with Gasteiger partial charge in [-0.05, 0) is 108 Å². The molecule has 3 aliphatic rings. The van der Waals surface area contributed by atoms with Crippen molar-refractivity contribution >= 4 is 0 Å². The molecule has 0 spiro atoms. The standard InChI is InChI=1S/C37H50F6O2/c1-3-5-7-27-8-10-28(11-9-27)12-13-29-16-20-31(21-17-29)37(42,43)45-33-23-22-32(34(38)35(33)39)44-25-24-36(40,41)30-18-14-26(6-4-2)15-19-30/h4,6,22-23,26-31H,3,5,7-11,14-21,24-25H2,1-2H3. The number of benzene rings is 1. The Kier molecular flexibility index (Phi) is 13.0. The van der Waals surface area contributed by atoms with Crippen LogP contribution < -0.4 is 9.47 Å². The Bertz CT molecular complexity index is 1150. The molecule has 0 radical (unpaired) electrons. The van der Waals surface area contributed by atoms with Crippen molar-refractivity contribution in [2.24, 2.45) is 35.5 Å². The molecule has 1 aromatic rings. The largest absolute Gasteiger partial charge is 0.490 e. The van der Waals surface area contributed by atoms with E-state index in [0.717, 1.165) is 30.9 Å². The number of hydrogen-bond acceptors (Lipinski definition) is 2. The SMILES string of the molecule is CC=CC1CCC(C(F)(F)CCOc2ccc(OC(F)(F)C3CCC(C#CC4CCC(CCCC)CC4)CC3)c(F)c2F)CC1. The number of ether oxygens (including phenoxy) is 2. The highest BCUT2D eigenvalue weighted by Crippen LogP contribution is 2.43. The molecule has 45 heavy (non-hydrogen) atoms. The van der Waals surface area contributed by atoms with Crippen LogP contribution in [-0.2, 0) is 0 Å². The van der Waals surface area contributed by atoms with Gasteiger partial charge in [0.1, 0.15) is 0 Å². The smallest absolute Gasteiger partial charge is 0.400 e. The van der Waals surface area contributed by atoms with Gasteiger partial charge in [0.05, 0.1) is 12.5 Å². The van der Waals surface area contributed by atoms with Crippen molar-refractivity contribution < 1.29 is 35.8 Å². The quantitative estimate of drug-likeness (QED) is 0.129. The van der Waals surface area contributed by atoms with E-state index in [1.165, 1.54) is 32.1 Å².